The fraction of sp³-hybridized carbons (Fsp3) is 0.208. The van der Waals surface area contributed by atoms with Gasteiger partial charge in [-0.15, -0.1) is 10.2 Å². The van der Waals surface area contributed by atoms with Crippen LogP contribution in [0.5, 0.6) is 5.75 Å². The highest BCUT2D eigenvalue weighted by Gasteiger charge is 2.24. The third-order valence-electron chi connectivity index (χ3n) is 5.63. The molecule has 0 aliphatic heterocycles. The Morgan fingerprint density at radius 2 is 1.91 bits per heavy atom. The number of aromatic hydroxyl groups is 1. The number of nitrogens with zero attached hydrogens (tertiary/aromatic N) is 6. The van der Waals surface area contributed by atoms with Crippen molar-refractivity contribution in [3.63, 3.8) is 0 Å². The van der Waals surface area contributed by atoms with Gasteiger partial charge in [-0.1, -0.05) is 13.8 Å². The van der Waals surface area contributed by atoms with Gasteiger partial charge in [0.2, 0.25) is 5.82 Å². The van der Waals surface area contributed by atoms with Gasteiger partial charge in [-0.25, -0.2) is 4.98 Å². The predicted molar refractivity (Wildman–Crippen MR) is 127 cm³/mol. The van der Waals surface area contributed by atoms with Gasteiger partial charge in [0.15, 0.2) is 5.82 Å². The quantitative estimate of drug-likeness (QED) is 0.358. The first-order valence-electron chi connectivity index (χ1n) is 11.0. The third kappa shape index (κ3) is 3.58. The number of nitrogens with one attached hydrogen (secondary N) is 2. The van der Waals surface area contributed by atoms with Gasteiger partial charge >= 0.3 is 0 Å². The lowest BCUT2D eigenvalue weighted by Crippen LogP contribution is -2.26. The standard InChI is InChI=1S/C24H24N8O2/c1-4-26-24(34)23-30-29-22(18-11-17-19(12-20(18)33)27-28-21(17)14(2)3)32(23)16-7-5-15(6-8-16)31-10-9-25-13-31/h5-14,33H,4H2,1-3H3,(H,26,34)(H,27,28). The number of carbonyl (C=O) groups excluding carboxylic acids is 1. The zero-order valence-electron chi connectivity index (χ0n) is 19.0. The molecule has 0 spiro atoms. The Hall–Kier alpha value is -4.47. The SMILES string of the molecule is CCNC(=O)c1nnc(-c2cc3c(C(C)C)[nH]nc3cc2O)n1-c1ccc(-n2ccnc2)cc1. The Balaban J connectivity index is 1.69. The lowest BCUT2D eigenvalue weighted by molar-refractivity contribution is 0.0943. The van der Waals surface area contributed by atoms with Crippen molar-refractivity contribution in [3.8, 4) is 28.5 Å². The second-order valence-electron chi connectivity index (χ2n) is 8.21. The molecular weight excluding hydrogens is 432 g/mol. The maximum absolute atomic E-state index is 12.8. The Bertz CT molecular complexity index is 1460. The van der Waals surface area contributed by atoms with Gasteiger partial charge in [-0.2, -0.15) is 5.10 Å². The summed E-state index contributed by atoms with van der Waals surface area (Å²) in [6.45, 7) is 6.42. The monoisotopic (exact) mass is 456 g/mol. The van der Waals surface area contributed by atoms with E-state index in [0.717, 1.165) is 16.8 Å². The molecule has 0 unspecified atom stereocenters. The van der Waals surface area contributed by atoms with E-state index >= 15 is 0 Å². The van der Waals surface area contributed by atoms with Crippen LogP contribution in [0.4, 0.5) is 0 Å². The molecule has 34 heavy (non-hydrogen) atoms. The van der Waals surface area contributed by atoms with Gasteiger partial charge in [0.1, 0.15) is 5.75 Å². The van der Waals surface area contributed by atoms with Gasteiger partial charge in [0.25, 0.3) is 5.91 Å². The lowest BCUT2D eigenvalue weighted by Gasteiger charge is -2.13. The molecule has 5 aromatic rings. The van der Waals surface area contributed by atoms with Gasteiger partial charge in [-0.3, -0.25) is 14.5 Å². The van der Waals surface area contributed by atoms with Crippen molar-refractivity contribution in [1.29, 1.82) is 0 Å². The summed E-state index contributed by atoms with van der Waals surface area (Å²) in [4.78, 5) is 16.9. The fourth-order valence-electron chi connectivity index (χ4n) is 3.96. The molecule has 10 nitrogen and oxygen atoms in total. The molecule has 5 rings (SSSR count). The number of hydrogen-bond donors (Lipinski definition) is 3. The van der Waals surface area contributed by atoms with Crippen LogP contribution in [0, 0.1) is 0 Å². The Labute approximate surface area is 195 Å². The van der Waals surface area contributed by atoms with Crippen molar-refractivity contribution in [3.05, 3.63) is 66.6 Å². The summed E-state index contributed by atoms with van der Waals surface area (Å²) in [6.07, 6.45) is 5.27. The molecule has 0 bridgehead atoms. The summed E-state index contributed by atoms with van der Waals surface area (Å²) >= 11 is 0. The molecule has 0 aliphatic carbocycles. The zero-order chi connectivity index (χ0) is 23.8. The molecule has 0 radical (unpaired) electrons. The highest BCUT2D eigenvalue weighted by molar-refractivity contribution is 5.93. The molecule has 0 saturated heterocycles. The fourth-order valence-corrected chi connectivity index (χ4v) is 3.96. The van der Waals surface area contributed by atoms with E-state index in [1.165, 1.54) is 0 Å². The molecule has 0 fully saturated rings. The summed E-state index contributed by atoms with van der Waals surface area (Å²) < 4.78 is 3.53. The molecule has 0 atom stereocenters. The predicted octanol–water partition coefficient (Wildman–Crippen LogP) is 3.58. The van der Waals surface area contributed by atoms with Crippen LogP contribution in [0.15, 0.2) is 55.1 Å². The van der Waals surface area contributed by atoms with Crippen molar-refractivity contribution in [2.75, 3.05) is 6.54 Å². The maximum atomic E-state index is 12.8. The summed E-state index contributed by atoms with van der Waals surface area (Å²) in [5.74, 6) is 0.337. The number of fused-ring (bicyclic) bond motifs is 1. The number of aromatic amines is 1. The van der Waals surface area contributed by atoms with Crippen LogP contribution in [0.25, 0.3) is 33.7 Å². The minimum absolute atomic E-state index is 0.000409. The average molecular weight is 457 g/mol. The number of benzene rings is 2. The summed E-state index contributed by atoms with van der Waals surface area (Å²) in [7, 11) is 0. The van der Waals surface area contributed by atoms with E-state index in [1.54, 1.807) is 23.2 Å². The maximum Gasteiger partial charge on any atom is 0.289 e. The molecule has 1 amide bonds. The normalized spacial score (nSPS) is 11.4. The van der Waals surface area contributed by atoms with Crippen LogP contribution in [0.1, 0.15) is 43.0 Å². The second kappa shape index (κ2) is 8.47. The number of amides is 1. The lowest BCUT2D eigenvalue weighted by atomic mass is 10.0. The summed E-state index contributed by atoms with van der Waals surface area (Å²) in [6, 6.07) is 11.0. The highest BCUT2D eigenvalue weighted by atomic mass is 16.3. The number of H-pyrrole nitrogens is 1. The Kier molecular flexibility index (Phi) is 5.33. The van der Waals surface area contributed by atoms with E-state index < -0.39 is 0 Å². The highest BCUT2D eigenvalue weighted by Crippen LogP contribution is 2.36. The topological polar surface area (TPSA) is 127 Å². The van der Waals surface area contributed by atoms with Crippen molar-refractivity contribution in [2.45, 2.75) is 26.7 Å². The van der Waals surface area contributed by atoms with E-state index in [-0.39, 0.29) is 23.4 Å². The van der Waals surface area contributed by atoms with Crippen LogP contribution in [0.2, 0.25) is 0 Å². The van der Waals surface area contributed by atoms with E-state index in [0.29, 0.717) is 29.1 Å². The first-order chi connectivity index (χ1) is 16.5. The van der Waals surface area contributed by atoms with Gasteiger partial charge < -0.3 is 15.0 Å². The van der Waals surface area contributed by atoms with Crippen LogP contribution < -0.4 is 5.32 Å². The third-order valence-corrected chi connectivity index (χ3v) is 5.63. The Morgan fingerprint density at radius 3 is 2.59 bits per heavy atom. The first kappa shape index (κ1) is 21.4. The van der Waals surface area contributed by atoms with Crippen LogP contribution in [-0.2, 0) is 0 Å². The summed E-state index contributed by atoms with van der Waals surface area (Å²) in [5, 5.41) is 30.4. The van der Waals surface area contributed by atoms with Crippen LogP contribution in [-0.4, -0.2) is 52.1 Å². The molecule has 10 heteroatoms. The van der Waals surface area contributed by atoms with E-state index in [1.807, 2.05) is 48.0 Å². The number of rotatable bonds is 6. The number of phenolic OH excluding ortho intramolecular Hbond substituents is 1. The van der Waals surface area contributed by atoms with Crippen molar-refractivity contribution < 1.29 is 9.90 Å². The average Bonchev–Trinajstić information content (AvgIpc) is 3.58. The first-order valence-corrected chi connectivity index (χ1v) is 11.0. The second-order valence-corrected chi connectivity index (χ2v) is 8.21. The van der Waals surface area contributed by atoms with Crippen molar-refractivity contribution in [2.24, 2.45) is 0 Å². The smallest absolute Gasteiger partial charge is 0.289 e. The molecule has 0 saturated carbocycles. The van der Waals surface area contributed by atoms with Gasteiger partial charge in [0.05, 0.1) is 17.4 Å². The molecule has 3 heterocycles. The minimum atomic E-state index is -0.355. The molecular formula is C24H24N8O2. The molecule has 3 aromatic heterocycles. The molecule has 0 aliphatic rings. The molecule has 3 N–H and O–H groups in total. The zero-order valence-corrected chi connectivity index (χ0v) is 19.0. The van der Waals surface area contributed by atoms with Crippen molar-refractivity contribution in [1.82, 2.24) is 39.8 Å². The van der Waals surface area contributed by atoms with E-state index in [4.69, 9.17) is 0 Å². The van der Waals surface area contributed by atoms with E-state index in [2.05, 4.69) is 44.5 Å². The van der Waals surface area contributed by atoms with Gasteiger partial charge in [-0.05, 0) is 43.2 Å². The molecule has 172 valence electrons. The number of imidazole rings is 1. The van der Waals surface area contributed by atoms with Gasteiger partial charge in [0, 0.05) is 47.5 Å². The Morgan fingerprint density at radius 1 is 1.15 bits per heavy atom. The number of hydrogen-bond acceptors (Lipinski definition) is 6. The molecule has 2 aromatic carbocycles. The number of aromatic nitrogens is 7. The van der Waals surface area contributed by atoms with E-state index in [9.17, 15) is 9.90 Å². The number of carbonyl (C=O) groups is 1. The summed E-state index contributed by atoms with van der Waals surface area (Å²) in [5.41, 5.74) is 3.67. The largest absolute Gasteiger partial charge is 0.507 e. The number of phenols is 1. The van der Waals surface area contributed by atoms with Crippen LogP contribution >= 0.6 is 0 Å². The minimum Gasteiger partial charge on any atom is -0.507 e. The van der Waals surface area contributed by atoms with Crippen molar-refractivity contribution >= 4 is 16.8 Å². The van der Waals surface area contributed by atoms with Crippen LogP contribution in [0.3, 0.4) is 0 Å².